The highest BCUT2D eigenvalue weighted by atomic mass is 35.5. The van der Waals surface area contributed by atoms with E-state index in [-0.39, 0.29) is 5.41 Å². The van der Waals surface area contributed by atoms with Crippen LogP contribution in [0.25, 0.3) is 0 Å². The topological polar surface area (TPSA) is 111 Å². The average Bonchev–Trinajstić information content (AvgIpc) is 3.05. The van der Waals surface area contributed by atoms with Crippen molar-refractivity contribution in [2.75, 3.05) is 46.1 Å². The van der Waals surface area contributed by atoms with Crippen molar-refractivity contribution in [1.82, 2.24) is 15.3 Å². The van der Waals surface area contributed by atoms with Gasteiger partial charge >= 0.3 is 0 Å². The zero-order valence-electron chi connectivity index (χ0n) is 16.2. The van der Waals surface area contributed by atoms with Crippen LogP contribution in [0.2, 0.25) is 0 Å². The molecule has 0 aromatic carbocycles. The normalized spacial score (nSPS) is 21.4. The molecule has 1 saturated heterocycles. The summed E-state index contributed by atoms with van der Waals surface area (Å²) in [7, 11) is 3.36. The number of aliphatic imine (C=N–C) groups is 1. The van der Waals surface area contributed by atoms with Gasteiger partial charge in [-0.25, -0.2) is 10.8 Å². The number of pyridine rings is 1. The van der Waals surface area contributed by atoms with Gasteiger partial charge in [0.2, 0.25) is 0 Å². The second kappa shape index (κ2) is 9.77. The van der Waals surface area contributed by atoms with Gasteiger partial charge in [0.05, 0.1) is 19.9 Å². The van der Waals surface area contributed by atoms with Crippen LogP contribution in [0.1, 0.15) is 19.8 Å². The van der Waals surface area contributed by atoms with Crippen LogP contribution in [0.5, 0.6) is 11.5 Å². The van der Waals surface area contributed by atoms with Crippen molar-refractivity contribution in [3.05, 3.63) is 23.5 Å². The van der Waals surface area contributed by atoms with E-state index in [1.807, 2.05) is 0 Å². The number of ether oxygens (including phenoxy) is 2. The van der Waals surface area contributed by atoms with Crippen molar-refractivity contribution in [3.8, 4) is 11.5 Å². The first-order valence-corrected chi connectivity index (χ1v) is 9.25. The summed E-state index contributed by atoms with van der Waals surface area (Å²) < 4.78 is 11.1. The predicted molar refractivity (Wildman–Crippen MR) is 109 cm³/mol. The van der Waals surface area contributed by atoms with E-state index in [0.29, 0.717) is 29.1 Å². The lowest BCUT2D eigenvalue weighted by molar-refractivity contribution is 0.248. The maximum Gasteiger partial charge on any atom is 0.179 e. The minimum atomic E-state index is -0.0463. The summed E-state index contributed by atoms with van der Waals surface area (Å²) in [6, 6.07) is 1.68. The summed E-state index contributed by atoms with van der Waals surface area (Å²) in [6.07, 6.45) is 5.27. The molecule has 1 atom stereocenters. The Morgan fingerprint density at radius 2 is 2.30 bits per heavy atom. The molecule has 1 fully saturated rings. The van der Waals surface area contributed by atoms with Crippen LogP contribution in [-0.4, -0.2) is 56.0 Å². The van der Waals surface area contributed by atoms with Gasteiger partial charge in [0.1, 0.15) is 11.0 Å². The Balaban J connectivity index is 1.84. The highest BCUT2D eigenvalue weighted by Gasteiger charge is 2.37. The Morgan fingerprint density at radius 3 is 2.96 bits per heavy atom. The molecule has 150 valence electrons. The number of halogens is 1. The van der Waals surface area contributed by atoms with E-state index in [4.69, 9.17) is 32.7 Å². The SMILES string of the molecule is CN=C(C=C(Cl)NN)C1(C)CCN(CCCOc2cc(N)ncc2OC)C1. The molecular formula is C18H29ClN6O2. The Kier molecular flexibility index (Phi) is 7.70. The molecular weight excluding hydrogens is 368 g/mol. The molecule has 1 aromatic rings. The van der Waals surface area contributed by atoms with Crippen LogP contribution in [-0.2, 0) is 0 Å². The summed E-state index contributed by atoms with van der Waals surface area (Å²) in [6.45, 7) is 5.62. The van der Waals surface area contributed by atoms with Gasteiger partial charge in [-0.05, 0) is 25.5 Å². The van der Waals surface area contributed by atoms with Gasteiger partial charge in [-0.2, -0.15) is 0 Å². The number of rotatable bonds is 9. The van der Waals surface area contributed by atoms with Crippen molar-refractivity contribution in [2.24, 2.45) is 16.3 Å². The molecule has 5 N–H and O–H groups in total. The molecule has 2 heterocycles. The summed E-state index contributed by atoms with van der Waals surface area (Å²) in [5.74, 6) is 6.96. The highest BCUT2D eigenvalue weighted by molar-refractivity contribution is 6.31. The monoisotopic (exact) mass is 396 g/mol. The van der Waals surface area contributed by atoms with Crippen LogP contribution in [0, 0.1) is 5.41 Å². The molecule has 9 heteroatoms. The highest BCUT2D eigenvalue weighted by Crippen LogP contribution is 2.33. The molecule has 0 amide bonds. The number of nitrogens with zero attached hydrogens (tertiary/aromatic N) is 3. The van der Waals surface area contributed by atoms with E-state index in [9.17, 15) is 0 Å². The first kappa shape index (κ1) is 21.3. The number of likely N-dealkylation sites (tertiary alicyclic amines) is 1. The van der Waals surface area contributed by atoms with E-state index in [2.05, 4.69) is 27.2 Å². The fourth-order valence-corrected chi connectivity index (χ4v) is 3.41. The molecule has 0 aliphatic carbocycles. The maximum atomic E-state index is 6.00. The van der Waals surface area contributed by atoms with Crippen LogP contribution in [0.4, 0.5) is 5.82 Å². The molecule has 1 unspecified atom stereocenters. The first-order valence-electron chi connectivity index (χ1n) is 8.87. The minimum Gasteiger partial charge on any atom is -0.491 e. The van der Waals surface area contributed by atoms with Gasteiger partial charge in [-0.3, -0.25) is 4.99 Å². The molecule has 1 aliphatic heterocycles. The number of methoxy groups -OCH3 is 1. The molecule has 8 nitrogen and oxygen atoms in total. The van der Waals surface area contributed by atoms with E-state index in [1.165, 1.54) is 0 Å². The molecule has 27 heavy (non-hydrogen) atoms. The number of aromatic nitrogens is 1. The molecule has 0 bridgehead atoms. The Morgan fingerprint density at radius 1 is 1.52 bits per heavy atom. The van der Waals surface area contributed by atoms with Gasteiger partial charge < -0.3 is 25.5 Å². The van der Waals surface area contributed by atoms with Gasteiger partial charge in [0, 0.05) is 37.3 Å². The van der Waals surface area contributed by atoms with Gasteiger partial charge in [-0.15, -0.1) is 0 Å². The van der Waals surface area contributed by atoms with E-state index in [1.54, 1.807) is 32.5 Å². The zero-order chi connectivity index (χ0) is 19.9. The maximum absolute atomic E-state index is 6.00. The second-order valence-corrected chi connectivity index (χ2v) is 7.20. The van der Waals surface area contributed by atoms with Crippen LogP contribution in [0.3, 0.4) is 0 Å². The average molecular weight is 397 g/mol. The van der Waals surface area contributed by atoms with Crippen LogP contribution >= 0.6 is 11.6 Å². The lowest BCUT2D eigenvalue weighted by atomic mass is 9.84. The number of anilines is 1. The number of nitrogens with two attached hydrogens (primary N) is 2. The lowest BCUT2D eigenvalue weighted by Gasteiger charge is -2.25. The van der Waals surface area contributed by atoms with Crippen LogP contribution in [0.15, 0.2) is 28.5 Å². The molecule has 1 aliphatic rings. The molecule has 2 rings (SSSR count). The van der Waals surface area contributed by atoms with E-state index in [0.717, 1.165) is 38.2 Å². The number of hydrazine groups is 1. The quantitative estimate of drug-likeness (QED) is 0.192. The van der Waals surface area contributed by atoms with E-state index >= 15 is 0 Å². The largest absolute Gasteiger partial charge is 0.491 e. The van der Waals surface area contributed by atoms with Crippen molar-refractivity contribution in [2.45, 2.75) is 19.8 Å². The van der Waals surface area contributed by atoms with Crippen LogP contribution < -0.4 is 26.5 Å². The number of nitrogen functional groups attached to an aromatic ring is 1. The molecule has 0 spiro atoms. The number of hydrogen-bond donors (Lipinski definition) is 3. The molecule has 1 aromatic heterocycles. The van der Waals surface area contributed by atoms with Crippen molar-refractivity contribution >= 4 is 23.1 Å². The number of hydrogen-bond acceptors (Lipinski definition) is 8. The third-order valence-corrected chi connectivity index (χ3v) is 4.98. The summed E-state index contributed by atoms with van der Waals surface area (Å²) in [5.41, 5.74) is 9.05. The predicted octanol–water partition coefficient (Wildman–Crippen LogP) is 1.77. The molecule has 0 radical (unpaired) electrons. The third-order valence-electron chi connectivity index (χ3n) is 4.76. The van der Waals surface area contributed by atoms with Gasteiger partial charge in [0.15, 0.2) is 11.5 Å². The van der Waals surface area contributed by atoms with E-state index < -0.39 is 0 Å². The minimum absolute atomic E-state index is 0.0463. The smallest absolute Gasteiger partial charge is 0.179 e. The first-order chi connectivity index (χ1) is 12.9. The molecule has 0 saturated carbocycles. The number of allylic oxidation sites excluding steroid dienone is 1. The Labute approximate surface area is 165 Å². The van der Waals surface area contributed by atoms with Gasteiger partial charge in [-0.1, -0.05) is 18.5 Å². The third kappa shape index (κ3) is 5.72. The lowest BCUT2D eigenvalue weighted by Crippen LogP contribution is -2.32. The second-order valence-electron chi connectivity index (χ2n) is 6.79. The fourth-order valence-electron chi connectivity index (χ4n) is 3.30. The van der Waals surface area contributed by atoms with Gasteiger partial charge in [0.25, 0.3) is 0 Å². The fraction of sp³-hybridized carbons (Fsp3) is 0.556. The van der Waals surface area contributed by atoms with Crippen molar-refractivity contribution in [1.29, 1.82) is 0 Å². The summed E-state index contributed by atoms with van der Waals surface area (Å²) in [4.78, 5) is 10.8. The van der Waals surface area contributed by atoms with Crippen molar-refractivity contribution in [3.63, 3.8) is 0 Å². The van der Waals surface area contributed by atoms with Crippen molar-refractivity contribution < 1.29 is 9.47 Å². The summed E-state index contributed by atoms with van der Waals surface area (Å²) >= 11 is 6.00. The standard InChI is InChI=1S/C18H29ClN6O2/c1-18(15(22-2)10-16(19)24-21)5-7-25(12-18)6-4-8-27-13-9-17(20)23-11-14(13)26-3/h9-11,24H,4-8,12,21H2,1-3H3,(H2,20,23). The Bertz CT molecular complexity index is 696. The zero-order valence-corrected chi connectivity index (χ0v) is 16.9. The number of nitrogens with one attached hydrogen (secondary N) is 1. The Hall–Kier alpha value is -2.03. The summed E-state index contributed by atoms with van der Waals surface area (Å²) in [5, 5.41) is 0.384.